The molecule has 250 valence electrons. The standard InChI is InChI=1S/C33H46N6O7/c1-22-20-37(31(41)46-32(2,3)4)17-18-38(22)28-27(39(42)43)26(34-30(35-28)45-21-24-13-10-16-36(24)5)19-33(29(40)44-6)15-9-12-23-11-7-8-14-25(23)33/h7-8,11,14,22,24H,9-10,12-13,15-21H2,1-6H3/t22-,24?,33?/m0/s1. The fourth-order valence-electron chi connectivity index (χ4n) is 7.04. The van der Waals surface area contributed by atoms with Crippen LogP contribution in [-0.2, 0) is 32.5 Å². The van der Waals surface area contributed by atoms with E-state index in [4.69, 9.17) is 14.2 Å². The van der Waals surface area contributed by atoms with Gasteiger partial charge in [-0.15, -0.1) is 0 Å². The number of methoxy groups -OCH3 is 1. The molecule has 2 unspecified atom stereocenters. The van der Waals surface area contributed by atoms with Crippen LogP contribution in [0.25, 0.3) is 0 Å². The van der Waals surface area contributed by atoms with Crippen LogP contribution >= 0.6 is 0 Å². The number of rotatable bonds is 8. The van der Waals surface area contributed by atoms with Gasteiger partial charge in [0.05, 0.1) is 17.4 Å². The molecule has 2 aromatic rings. The van der Waals surface area contributed by atoms with Crippen molar-refractivity contribution in [1.29, 1.82) is 0 Å². The summed E-state index contributed by atoms with van der Waals surface area (Å²) in [6.45, 7) is 9.49. The van der Waals surface area contributed by atoms with Crippen LogP contribution in [0.1, 0.15) is 70.2 Å². The van der Waals surface area contributed by atoms with E-state index in [-0.39, 0.29) is 61.3 Å². The number of esters is 1. The van der Waals surface area contributed by atoms with Gasteiger partial charge in [0.25, 0.3) is 0 Å². The molecule has 3 atom stereocenters. The monoisotopic (exact) mass is 638 g/mol. The first-order valence-corrected chi connectivity index (χ1v) is 16.1. The number of fused-ring (bicyclic) bond motifs is 1. The van der Waals surface area contributed by atoms with Crippen LogP contribution in [0.15, 0.2) is 24.3 Å². The van der Waals surface area contributed by atoms with Crippen molar-refractivity contribution in [3.63, 3.8) is 0 Å². The van der Waals surface area contributed by atoms with Gasteiger partial charge in [-0.1, -0.05) is 24.3 Å². The highest BCUT2D eigenvalue weighted by molar-refractivity contribution is 5.85. The number of carbonyl (C=O) groups excluding carboxylic acids is 2. The van der Waals surface area contributed by atoms with Gasteiger partial charge >= 0.3 is 23.8 Å². The van der Waals surface area contributed by atoms with Gasteiger partial charge in [0, 0.05) is 38.1 Å². The Hall–Kier alpha value is -4.00. The van der Waals surface area contributed by atoms with E-state index in [1.54, 1.807) is 4.90 Å². The van der Waals surface area contributed by atoms with E-state index in [2.05, 4.69) is 14.9 Å². The first kappa shape index (κ1) is 33.4. The molecule has 13 nitrogen and oxygen atoms in total. The van der Waals surface area contributed by atoms with Crippen LogP contribution in [0.2, 0.25) is 0 Å². The Morgan fingerprint density at radius 3 is 2.54 bits per heavy atom. The predicted molar refractivity (Wildman–Crippen MR) is 171 cm³/mol. The van der Waals surface area contributed by atoms with E-state index < -0.39 is 28.0 Å². The Morgan fingerprint density at radius 2 is 1.89 bits per heavy atom. The molecule has 0 N–H and O–H groups in total. The molecule has 2 saturated heterocycles. The van der Waals surface area contributed by atoms with E-state index in [1.807, 2.05) is 63.9 Å². The molecule has 3 aliphatic rings. The highest BCUT2D eigenvalue weighted by Gasteiger charge is 2.47. The SMILES string of the molecule is COC(=O)C1(Cc2nc(OCC3CCCN3C)nc(N3CCN(C(=O)OC(C)(C)C)C[C@@H]3C)c2[N+](=O)[O-])CCCc2ccccc21. The Kier molecular flexibility index (Phi) is 9.71. The summed E-state index contributed by atoms with van der Waals surface area (Å²) in [4.78, 5) is 53.9. The van der Waals surface area contributed by atoms with Crippen molar-refractivity contribution >= 4 is 23.6 Å². The van der Waals surface area contributed by atoms with Crippen molar-refractivity contribution in [3.05, 3.63) is 51.2 Å². The zero-order chi connectivity index (χ0) is 33.2. The second-order valence-electron chi connectivity index (χ2n) is 13.7. The van der Waals surface area contributed by atoms with Gasteiger partial charge in [-0.05, 0) is 84.5 Å². The van der Waals surface area contributed by atoms with Crippen LogP contribution in [-0.4, -0.2) is 101 Å². The minimum Gasteiger partial charge on any atom is -0.468 e. The molecule has 0 bridgehead atoms. The third-order valence-corrected chi connectivity index (χ3v) is 9.36. The second kappa shape index (κ2) is 13.4. The fourth-order valence-corrected chi connectivity index (χ4v) is 7.04. The number of hydrogen-bond donors (Lipinski definition) is 0. The molecule has 2 aliphatic heterocycles. The summed E-state index contributed by atoms with van der Waals surface area (Å²) in [5.41, 5.74) is -0.141. The average Bonchev–Trinajstić information content (AvgIpc) is 3.42. The molecular formula is C33H46N6O7. The maximum atomic E-state index is 13.7. The minimum atomic E-state index is -1.16. The van der Waals surface area contributed by atoms with E-state index >= 15 is 0 Å². The van der Waals surface area contributed by atoms with Crippen molar-refractivity contribution in [3.8, 4) is 6.01 Å². The molecule has 1 aromatic carbocycles. The van der Waals surface area contributed by atoms with E-state index in [0.717, 1.165) is 43.4 Å². The van der Waals surface area contributed by atoms with Crippen molar-refractivity contribution in [2.24, 2.45) is 0 Å². The van der Waals surface area contributed by atoms with Crippen LogP contribution in [0.3, 0.4) is 0 Å². The second-order valence-corrected chi connectivity index (χ2v) is 13.7. The molecule has 0 saturated carbocycles. The summed E-state index contributed by atoms with van der Waals surface area (Å²) in [5, 5.41) is 12.9. The van der Waals surface area contributed by atoms with Crippen LogP contribution in [0.5, 0.6) is 6.01 Å². The lowest BCUT2D eigenvalue weighted by atomic mass is 9.67. The molecule has 5 rings (SSSR count). The molecule has 2 fully saturated rings. The number of aryl methyl sites for hydroxylation is 1. The van der Waals surface area contributed by atoms with Gasteiger partial charge in [-0.25, -0.2) is 4.79 Å². The summed E-state index contributed by atoms with van der Waals surface area (Å²) in [7, 11) is 3.39. The number of hydrogen-bond acceptors (Lipinski definition) is 11. The predicted octanol–water partition coefficient (Wildman–Crippen LogP) is 4.29. The minimum absolute atomic E-state index is 0.0294. The van der Waals surface area contributed by atoms with Gasteiger partial charge < -0.3 is 28.9 Å². The van der Waals surface area contributed by atoms with Crippen molar-refractivity contribution in [2.75, 3.05) is 51.8 Å². The van der Waals surface area contributed by atoms with Crippen LogP contribution < -0.4 is 9.64 Å². The number of nitrogens with zero attached hydrogens (tertiary/aromatic N) is 6. The van der Waals surface area contributed by atoms with Crippen molar-refractivity contribution in [1.82, 2.24) is 19.8 Å². The normalized spacial score (nSPS) is 23.5. The van der Waals surface area contributed by atoms with Crippen molar-refractivity contribution < 1.29 is 28.7 Å². The summed E-state index contributed by atoms with van der Waals surface area (Å²) < 4.78 is 17.1. The lowest BCUT2D eigenvalue weighted by Gasteiger charge is -2.40. The lowest BCUT2D eigenvalue weighted by Crippen LogP contribution is -2.55. The lowest BCUT2D eigenvalue weighted by molar-refractivity contribution is -0.385. The van der Waals surface area contributed by atoms with Gasteiger partial charge in [-0.2, -0.15) is 9.97 Å². The first-order chi connectivity index (χ1) is 21.8. The Morgan fingerprint density at radius 1 is 1.13 bits per heavy atom. The largest absolute Gasteiger partial charge is 0.468 e. The van der Waals surface area contributed by atoms with E-state index in [0.29, 0.717) is 13.0 Å². The quantitative estimate of drug-likeness (QED) is 0.232. The molecule has 1 amide bonds. The Balaban J connectivity index is 1.56. The molecule has 13 heteroatoms. The van der Waals surface area contributed by atoms with E-state index in [9.17, 15) is 19.7 Å². The highest BCUT2D eigenvalue weighted by Crippen LogP contribution is 2.44. The Labute approximate surface area is 270 Å². The number of aromatic nitrogens is 2. The molecular weight excluding hydrogens is 592 g/mol. The Bertz CT molecular complexity index is 1460. The molecule has 3 heterocycles. The molecule has 1 aliphatic carbocycles. The molecule has 1 aromatic heterocycles. The number of ether oxygens (including phenoxy) is 3. The zero-order valence-corrected chi connectivity index (χ0v) is 27.8. The number of benzene rings is 1. The maximum absolute atomic E-state index is 13.7. The molecule has 46 heavy (non-hydrogen) atoms. The van der Waals surface area contributed by atoms with Gasteiger partial charge in [0.15, 0.2) is 0 Å². The smallest absolute Gasteiger partial charge is 0.410 e. The molecule has 0 spiro atoms. The summed E-state index contributed by atoms with van der Waals surface area (Å²) >= 11 is 0. The maximum Gasteiger partial charge on any atom is 0.410 e. The topological polar surface area (TPSA) is 140 Å². The van der Waals surface area contributed by atoms with Gasteiger partial charge in [0.2, 0.25) is 5.82 Å². The average molecular weight is 639 g/mol. The number of piperazine rings is 1. The number of likely N-dealkylation sites (tertiary alicyclic amines) is 1. The number of carbonyl (C=O) groups is 2. The highest BCUT2D eigenvalue weighted by atomic mass is 16.6. The van der Waals surface area contributed by atoms with E-state index in [1.165, 1.54) is 7.11 Å². The number of nitro groups is 1. The third kappa shape index (κ3) is 6.89. The summed E-state index contributed by atoms with van der Waals surface area (Å²) in [6.07, 6.45) is 3.53. The van der Waals surface area contributed by atoms with Crippen LogP contribution in [0, 0.1) is 10.1 Å². The zero-order valence-electron chi connectivity index (χ0n) is 27.8. The van der Waals surface area contributed by atoms with Crippen LogP contribution in [0.4, 0.5) is 16.3 Å². The first-order valence-electron chi connectivity index (χ1n) is 16.1. The summed E-state index contributed by atoms with van der Waals surface area (Å²) in [6, 6.07) is 7.58. The number of likely N-dealkylation sites (N-methyl/N-ethyl adjacent to an activating group) is 1. The summed E-state index contributed by atoms with van der Waals surface area (Å²) in [5.74, 6) is -0.339. The number of anilines is 1. The van der Waals surface area contributed by atoms with Gasteiger partial charge in [-0.3, -0.25) is 14.9 Å². The molecule has 0 radical (unpaired) electrons. The number of amides is 1. The third-order valence-electron chi connectivity index (χ3n) is 9.36. The fraction of sp³-hybridized carbons (Fsp3) is 0.636. The van der Waals surface area contributed by atoms with Gasteiger partial charge in [0.1, 0.15) is 17.9 Å². The van der Waals surface area contributed by atoms with Crippen molar-refractivity contribution in [2.45, 2.75) is 89.3 Å².